The van der Waals surface area contributed by atoms with Crippen LogP contribution < -0.4 is 0 Å². The average Bonchev–Trinajstić information content (AvgIpc) is 2.73. The Morgan fingerprint density at radius 3 is 0.337 bits per heavy atom. The fourth-order valence-corrected chi connectivity index (χ4v) is 8.70. The molecule has 16 nitrogen and oxygen atoms in total. The third kappa shape index (κ3) is 20.0. The number of nitrogens with zero attached hydrogens (tertiary/aromatic N) is 8. The molecule has 0 aliphatic carbocycles. The van der Waals surface area contributed by atoms with E-state index in [2.05, 4.69) is 39.9 Å². The van der Waals surface area contributed by atoms with E-state index in [0.29, 0.717) is 44.1 Å². The summed E-state index contributed by atoms with van der Waals surface area (Å²) in [7, 11) is 0. The summed E-state index contributed by atoms with van der Waals surface area (Å²) >= 11 is 0. The van der Waals surface area contributed by atoms with Gasteiger partial charge in [-0.3, -0.25) is 39.9 Å². The van der Waals surface area contributed by atoms with Crippen LogP contribution in [0.1, 0.15) is 0 Å². The average molecular weight is 1420 g/mol. The number of pyridine rings is 8. The van der Waals surface area contributed by atoms with Crippen molar-refractivity contribution in [3.8, 4) is 46.0 Å². The smallest absolute Gasteiger partial charge is 0.141 e. The molecule has 0 unspecified atom stereocenters. The van der Waals surface area contributed by atoms with Crippen molar-refractivity contribution in [1.29, 1.82) is 0 Å². The van der Waals surface area contributed by atoms with E-state index in [-0.39, 0.29) is 124 Å². The van der Waals surface area contributed by atoms with Gasteiger partial charge in [0.2, 0.25) is 0 Å². The van der Waals surface area contributed by atoms with Crippen molar-refractivity contribution in [1.82, 2.24) is 39.9 Å². The number of benzene rings is 8. The Bertz CT molecular complexity index is 3980. The second-order valence-corrected chi connectivity index (χ2v) is 18.8. The van der Waals surface area contributed by atoms with Crippen LogP contribution in [-0.2, 0) is 77.9 Å². The van der Waals surface area contributed by atoms with E-state index in [4.69, 9.17) is 0 Å². The van der Waals surface area contributed by atoms with Gasteiger partial charge in [0, 0.05) is 171 Å². The van der Waals surface area contributed by atoms with Gasteiger partial charge in [0.1, 0.15) is 90.1 Å². The number of phenolic OH excluding ortho intramolecular Hbond substituents is 8. The summed E-state index contributed by atoms with van der Waals surface area (Å²) in [5.74, 6) is 1.91. The molecule has 0 atom stereocenters. The van der Waals surface area contributed by atoms with Gasteiger partial charge in [-0.25, -0.2) is 0 Å². The van der Waals surface area contributed by atoms with Gasteiger partial charge in [0.25, 0.3) is 0 Å². The second kappa shape index (κ2) is 37.2. The predicted octanol–water partition coefficient (Wildman–Crippen LogP) is 15.5. The molecule has 92 heavy (non-hydrogen) atoms. The molecule has 0 saturated carbocycles. The summed E-state index contributed by atoms with van der Waals surface area (Å²) < 4.78 is 0. The zero-order valence-corrected chi connectivity index (χ0v) is 61.6. The monoisotopic (exact) mass is 1420 g/mol. The summed E-state index contributed by atoms with van der Waals surface area (Å²) in [4.78, 5) is 32.2. The SMILES string of the molecule is Oc1cccc2cccnc12.Oc1cccc2cccnc12.Oc1cccc2cccnc12.Oc1cccc2cccnc12.Oc1cccc2cccnc12.Oc1cccc2cccnc12.Oc1cccc2cccnc12.Oc1cccc2cccnc12.[Zn].[Zn].[Zn].[Zn]. The summed E-state index contributed by atoms with van der Waals surface area (Å²) in [6.45, 7) is 0. The van der Waals surface area contributed by atoms with E-state index in [1.54, 1.807) is 147 Å². The summed E-state index contributed by atoms with van der Waals surface area (Å²) in [6, 6.07) is 73.0. The molecule has 0 aliphatic rings. The minimum absolute atomic E-state index is 0. The molecule has 20 heteroatoms. The van der Waals surface area contributed by atoms with E-state index >= 15 is 0 Å². The Labute approximate surface area is 579 Å². The number of hydrogen-bond acceptors (Lipinski definition) is 16. The standard InChI is InChI=1S/8C9H7NO.4Zn/c8*11-8-5-1-3-7-4-2-6-10-9(7)8;;;;/h8*1-6,11H;;;;. The Kier molecular flexibility index (Phi) is 29.4. The molecule has 16 aromatic rings. The van der Waals surface area contributed by atoms with Gasteiger partial charge < -0.3 is 40.9 Å². The van der Waals surface area contributed by atoms with Crippen molar-refractivity contribution in [2.45, 2.75) is 0 Å². The number of phenols is 8. The first-order valence-corrected chi connectivity index (χ1v) is 27.2. The van der Waals surface area contributed by atoms with Crippen LogP contribution in [0, 0.1) is 0 Å². The first kappa shape index (κ1) is 72.7. The number of aromatic nitrogens is 8. The predicted molar refractivity (Wildman–Crippen MR) is 347 cm³/mol. The molecule has 0 aliphatic heterocycles. The van der Waals surface area contributed by atoms with E-state index in [1.807, 2.05) is 146 Å². The van der Waals surface area contributed by atoms with Crippen molar-refractivity contribution in [2.24, 2.45) is 0 Å². The molecule has 0 amide bonds. The maximum Gasteiger partial charge on any atom is 0.141 e. The molecule has 16 rings (SSSR count). The van der Waals surface area contributed by atoms with Crippen LogP contribution in [0.2, 0.25) is 0 Å². The maximum atomic E-state index is 9.31. The minimum atomic E-state index is 0. The van der Waals surface area contributed by atoms with Gasteiger partial charge in [-0.05, 0) is 97.1 Å². The molecule has 0 spiro atoms. The van der Waals surface area contributed by atoms with Crippen LogP contribution in [0.5, 0.6) is 46.0 Å². The van der Waals surface area contributed by atoms with Gasteiger partial charge in [-0.1, -0.05) is 146 Å². The van der Waals surface area contributed by atoms with E-state index in [0.717, 1.165) is 43.1 Å². The quantitative estimate of drug-likeness (QED) is 0.0656. The first-order valence-electron chi connectivity index (χ1n) is 27.2. The van der Waals surface area contributed by atoms with Crippen molar-refractivity contribution >= 4 is 87.2 Å². The van der Waals surface area contributed by atoms with Crippen LogP contribution >= 0.6 is 0 Å². The Hall–Kier alpha value is -10.1. The van der Waals surface area contributed by atoms with Crippen LogP contribution in [0.25, 0.3) is 87.2 Å². The van der Waals surface area contributed by atoms with E-state index in [9.17, 15) is 40.9 Å². The zero-order chi connectivity index (χ0) is 61.5. The van der Waals surface area contributed by atoms with Crippen LogP contribution in [0.3, 0.4) is 0 Å². The minimum Gasteiger partial charge on any atom is -0.506 e. The number of fused-ring (bicyclic) bond motifs is 8. The van der Waals surface area contributed by atoms with Gasteiger partial charge >= 0.3 is 0 Å². The molecule has 8 heterocycles. The van der Waals surface area contributed by atoms with Gasteiger partial charge in [-0.15, -0.1) is 0 Å². The molecular formula is C72H56N8O8Zn4. The molecule has 8 N–H and O–H groups in total. The fraction of sp³-hybridized carbons (Fsp3) is 0. The van der Waals surface area contributed by atoms with Crippen LogP contribution in [0.15, 0.2) is 292 Å². The Morgan fingerprint density at radius 2 is 0.239 bits per heavy atom. The van der Waals surface area contributed by atoms with Crippen molar-refractivity contribution in [3.63, 3.8) is 0 Å². The van der Waals surface area contributed by atoms with E-state index < -0.39 is 0 Å². The Balaban J connectivity index is 0.000000190. The molecule has 8 aromatic carbocycles. The summed E-state index contributed by atoms with van der Waals surface area (Å²) in [6.07, 6.45) is 13.3. The molecular weight excluding hydrogens is 1370 g/mol. The second-order valence-electron chi connectivity index (χ2n) is 18.8. The molecule has 8 aromatic heterocycles. The molecule has 0 saturated heterocycles. The summed E-state index contributed by atoms with van der Waals surface area (Å²) in [5.41, 5.74) is 5.30. The zero-order valence-electron chi connectivity index (χ0n) is 49.7. The van der Waals surface area contributed by atoms with Gasteiger partial charge in [0.15, 0.2) is 0 Å². The number of rotatable bonds is 0. The van der Waals surface area contributed by atoms with Gasteiger partial charge in [0.05, 0.1) is 0 Å². The first-order chi connectivity index (χ1) is 43.0. The topological polar surface area (TPSA) is 265 Å². The molecule has 0 bridgehead atoms. The molecule has 0 fully saturated rings. The van der Waals surface area contributed by atoms with Gasteiger partial charge in [-0.2, -0.15) is 0 Å². The number of para-hydroxylation sites is 8. The largest absolute Gasteiger partial charge is 0.506 e. The maximum absolute atomic E-state index is 9.31. The van der Waals surface area contributed by atoms with Crippen molar-refractivity contribution < 1.29 is 119 Å². The normalized spacial score (nSPS) is 9.74. The third-order valence-corrected chi connectivity index (χ3v) is 12.9. The number of hydrogen-bond donors (Lipinski definition) is 8. The molecule has 0 radical (unpaired) electrons. The Morgan fingerprint density at radius 1 is 0.141 bits per heavy atom. The summed E-state index contributed by atoms with van der Waals surface area (Å²) in [5, 5.41) is 82.2. The van der Waals surface area contributed by atoms with Crippen molar-refractivity contribution in [3.05, 3.63) is 292 Å². The molecule has 440 valence electrons. The van der Waals surface area contributed by atoms with Crippen LogP contribution in [-0.4, -0.2) is 80.7 Å². The fourth-order valence-electron chi connectivity index (χ4n) is 8.70. The third-order valence-electron chi connectivity index (χ3n) is 12.9. The van der Waals surface area contributed by atoms with E-state index in [1.165, 1.54) is 0 Å². The number of aromatic hydroxyl groups is 8. The van der Waals surface area contributed by atoms with Crippen molar-refractivity contribution in [2.75, 3.05) is 0 Å². The van der Waals surface area contributed by atoms with Crippen LogP contribution in [0.4, 0.5) is 0 Å².